The number of carbonyl (C=O) groups is 2. The number of carbonyl (C=O) groups excluding carboxylic acids is 2. The Morgan fingerprint density at radius 3 is 2.35 bits per heavy atom. The third kappa shape index (κ3) is 7.51. The largest absolute Gasteiger partial charge is 0.539 e. The van der Waals surface area contributed by atoms with Crippen LogP contribution in [0.1, 0.15) is 28.4 Å². The van der Waals surface area contributed by atoms with E-state index in [1.807, 2.05) is 64.1 Å². The predicted molar refractivity (Wildman–Crippen MR) is 150 cm³/mol. The molecule has 11 heteroatoms. The zero-order valence-corrected chi connectivity index (χ0v) is 22.0. The predicted octanol–water partition coefficient (Wildman–Crippen LogP) is 0.175. The summed E-state index contributed by atoms with van der Waals surface area (Å²) < 4.78 is 8.98. The molecule has 0 aliphatic rings. The Labute approximate surface area is 233 Å². The second kappa shape index (κ2) is 13.0. The van der Waals surface area contributed by atoms with E-state index in [1.54, 1.807) is 36.5 Å². The van der Waals surface area contributed by atoms with Crippen LogP contribution < -0.4 is 24.6 Å². The lowest BCUT2D eigenvalue weighted by Gasteiger charge is -2.08. The molecule has 2 heterocycles. The van der Waals surface area contributed by atoms with Crippen molar-refractivity contribution in [3.63, 3.8) is 0 Å². The lowest BCUT2D eigenvalue weighted by Crippen LogP contribution is -2.38. The fourth-order valence-electron chi connectivity index (χ4n) is 4.16. The molecule has 0 radical (unpaired) electrons. The van der Waals surface area contributed by atoms with Gasteiger partial charge < -0.3 is 19.7 Å². The van der Waals surface area contributed by atoms with Crippen LogP contribution in [-0.4, -0.2) is 41.7 Å². The van der Waals surface area contributed by atoms with E-state index in [-0.39, 0.29) is 11.1 Å². The molecule has 0 spiro atoms. The smallest absolute Gasteiger partial charge is 0.504 e. The molecule has 9 nitrogen and oxygen atoms in total. The van der Waals surface area contributed by atoms with Crippen LogP contribution in [0.2, 0.25) is 0 Å². The van der Waals surface area contributed by atoms with Gasteiger partial charge >= 0.3 is 14.8 Å². The topological polar surface area (TPSA) is 124 Å². The maximum absolute atomic E-state index is 13.0. The van der Waals surface area contributed by atoms with Crippen molar-refractivity contribution in [2.45, 2.75) is 20.0 Å². The highest BCUT2D eigenvalue weighted by atomic mass is 16.5. The fourth-order valence-corrected chi connectivity index (χ4v) is 4.16. The summed E-state index contributed by atoms with van der Waals surface area (Å²) in [5.41, 5.74) is 4.19. The van der Waals surface area contributed by atoms with Gasteiger partial charge in [0.05, 0.1) is 11.1 Å². The van der Waals surface area contributed by atoms with E-state index in [2.05, 4.69) is 11.9 Å². The average Bonchev–Trinajstić information content (AvgIpc) is 2.93. The molecule has 4 aromatic rings. The second-order valence-electron chi connectivity index (χ2n) is 9.35. The van der Waals surface area contributed by atoms with E-state index in [0.717, 1.165) is 22.3 Å². The number of rotatable bonds is 10. The molecular weight excluding hydrogens is 508 g/mol. The van der Waals surface area contributed by atoms with E-state index < -0.39 is 26.6 Å². The van der Waals surface area contributed by atoms with Crippen molar-refractivity contribution in [1.29, 1.82) is 0 Å². The second-order valence-corrected chi connectivity index (χ2v) is 9.35. The molecule has 0 bridgehead atoms. The highest BCUT2D eigenvalue weighted by Gasteiger charge is 2.20. The summed E-state index contributed by atoms with van der Waals surface area (Å²) in [6.07, 6.45) is 7.39. The van der Waals surface area contributed by atoms with Gasteiger partial charge in [0, 0.05) is 22.8 Å². The summed E-state index contributed by atoms with van der Waals surface area (Å²) in [6, 6.07) is 19.8. The van der Waals surface area contributed by atoms with Gasteiger partial charge in [-0.2, -0.15) is 4.57 Å². The van der Waals surface area contributed by atoms with E-state index >= 15 is 0 Å². The molecule has 200 valence electrons. The minimum absolute atomic E-state index is 0.217. The Balaban J connectivity index is 1.69. The van der Waals surface area contributed by atoms with Crippen molar-refractivity contribution in [2.24, 2.45) is 0 Å². The summed E-state index contributed by atoms with van der Waals surface area (Å²) in [7, 11) is -2.00. The third-order valence-corrected chi connectivity index (χ3v) is 6.10. The van der Waals surface area contributed by atoms with Crippen molar-refractivity contribution in [3.8, 4) is 16.9 Å². The number of pyridine rings is 2. The van der Waals surface area contributed by atoms with Gasteiger partial charge in [-0.1, -0.05) is 43.0 Å². The average molecular weight is 537 g/mol. The van der Waals surface area contributed by atoms with Gasteiger partial charge in [0.15, 0.2) is 37.9 Å². The lowest BCUT2D eigenvalue weighted by molar-refractivity contribution is -0.689. The van der Waals surface area contributed by atoms with E-state index in [9.17, 15) is 19.6 Å². The van der Waals surface area contributed by atoms with Crippen LogP contribution in [0.5, 0.6) is 5.75 Å². The molecule has 0 aliphatic carbocycles. The number of imide groups is 1. The molecule has 4 N–H and O–H groups in total. The molecule has 2 amide bonds. The Hall–Kier alpha value is -4.57. The van der Waals surface area contributed by atoms with Gasteiger partial charge in [0.1, 0.15) is 11.3 Å². The SMILES string of the molecule is C=C(C)C(=O)NC(=O)c1cc(-c2ccc[n+](Cc3cccc(OBO)c3)c2)c[n+](Cc2cccc(B(O)O)c2)c1. The van der Waals surface area contributed by atoms with Gasteiger partial charge in [0.25, 0.3) is 11.8 Å². The van der Waals surface area contributed by atoms with Crippen LogP contribution in [0.25, 0.3) is 11.1 Å². The molecule has 0 saturated carbocycles. The number of aromatic nitrogens is 2. The summed E-state index contributed by atoms with van der Waals surface area (Å²) in [5.74, 6) is -0.553. The summed E-state index contributed by atoms with van der Waals surface area (Å²) >= 11 is 0. The summed E-state index contributed by atoms with van der Waals surface area (Å²) in [5, 5.41) is 30.5. The summed E-state index contributed by atoms with van der Waals surface area (Å²) in [4.78, 5) is 25.1. The molecule has 0 unspecified atom stereocenters. The first-order valence-corrected chi connectivity index (χ1v) is 12.5. The number of hydrogen-bond donors (Lipinski definition) is 4. The van der Waals surface area contributed by atoms with Crippen LogP contribution in [0, 0.1) is 0 Å². The molecule has 0 aliphatic heterocycles. The third-order valence-electron chi connectivity index (χ3n) is 6.10. The Morgan fingerprint density at radius 2 is 1.62 bits per heavy atom. The number of amides is 2. The van der Waals surface area contributed by atoms with Crippen molar-refractivity contribution >= 4 is 32.1 Å². The zero-order valence-electron chi connectivity index (χ0n) is 22.0. The number of nitrogens with zero attached hydrogens (tertiary/aromatic N) is 2. The molecule has 0 fully saturated rings. The van der Waals surface area contributed by atoms with Crippen LogP contribution in [0.15, 0.2) is 104 Å². The van der Waals surface area contributed by atoms with Crippen LogP contribution in [0.3, 0.4) is 0 Å². The molecule has 40 heavy (non-hydrogen) atoms. The molecule has 4 rings (SSSR count). The van der Waals surface area contributed by atoms with Gasteiger partial charge in [-0.05, 0) is 36.7 Å². The van der Waals surface area contributed by atoms with Gasteiger partial charge in [0.2, 0.25) is 0 Å². The number of hydrogen-bond acceptors (Lipinski definition) is 6. The van der Waals surface area contributed by atoms with Gasteiger partial charge in [-0.25, -0.2) is 4.57 Å². The normalized spacial score (nSPS) is 10.5. The highest BCUT2D eigenvalue weighted by molar-refractivity contribution is 6.58. The number of nitrogens with one attached hydrogen (secondary N) is 1. The van der Waals surface area contributed by atoms with E-state index in [0.29, 0.717) is 24.3 Å². The Morgan fingerprint density at radius 1 is 0.925 bits per heavy atom. The van der Waals surface area contributed by atoms with E-state index in [1.165, 1.54) is 6.92 Å². The van der Waals surface area contributed by atoms with Gasteiger partial charge in [-0.3, -0.25) is 14.9 Å². The molecular formula is C29H29B2N3O6+2. The van der Waals surface area contributed by atoms with Crippen molar-refractivity contribution in [2.75, 3.05) is 0 Å². The lowest BCUT2D eigenvalue weighted by atomic mass is 9.79. The summed E-state index contributed by atoms with van der Waals surface area (Å²) in [6.45, 7) is 6.00. The Bertz CT molecular complexity index is 1560. The molecule has 0 saturated heterocycles. The first-order valence-electron chi connectivity index (χ1n) is 12.5. The van der Waals surface area contributed by atoms with Crippen molar-refractivity contribution < 1.29 is 38.4 Å². The molecule has 2 aromatic heterocycles. The Kier molecular flexibility index (Phi) is 9.23. The standard InChI is InChI=1S/C29H28B2N3O6/c1-20(2)28(35)32-29(36)25-14-24(18-34(19-25)16-21-6-3-9-26(12-21)31(38)39)23-8-5-11-33(17-23)15-22-7-4-10-27(13-22)40-30-37/h3-14,17-19,30,37-39H,1,15-16H2,2H3/q+1/p+1. The van der Waals surface area contributed by atoms with Gasteiger partial charge in [-0.15, -0.1) is 0 Å². The van der Waals surface area contributed by atoms with Crippen molar-refractivity contribution in [3.05, 3.63) is 120 Å². The van der Waals surface area contributed by atoms with Crippen LogP contribution in [-0.2, 0) is 17.9 Å². The van der Waals surface area contributed by atoms with E-state index in [4.69, 9.17) is 9.68 Å². The number of benzene rings is 2. The quantitative estimate of drug-likeness (QED) is 0.130. The first-order chi connectivity index (χ1) is 19.2. The molecule has 0 atom stereocenters. The fraction of sp³-hybridized carbons (Fsp3) is 0.103. The maximum atomic E-state index is 13.0. The van der Waals surface area contributed by atoms with Crippen LogP contribution in [0.4, 0.5) is 0 Å². The van der Waals surface area contributed by atoms with Crippen LogP contribution >= 0.6 is 0 Å². The first kappa shape index (κ1) is 28.4. The minimum atomic E-state index is -1.60. The van der Waals surface area contributed by atoms with Crippen molar-refractivity contribution in [1.82, 2.24) is 5.32 Å². The monoisotopic (exact) mass is 537 g/mol. The highest BCUT2D eigenvalue weighted by Crippen LogP contribution is 2.18. The minimum Gasteiger partial charge on any atom is -0.539 e. The zero-order chi connectivity index (χ0) is 28.6. The maximum Gasteiger partial charge on any atom is 0.504 e. The molecule has 2 aromatic carbocycles.